The van der Waals surface area contributed by atoms with Crippen molar-refractivity contribution in [3.63, 3.8) is 0 Å². The standard InChI is InChI=1S/C13H19NO3/c1-2-3-10(15)13(14)9-4-5-11-12(8-9)17-7-6-16-11/h4-5,8,10,13,15H,2-3,6-7,14H2,1H3/t10-,13+/m1/s1. The predicted octanol–water partition coefficient (Wildman–Crippen LogP) is 1.62. The third kappa shape index (κ3) is 2.70. The highest BCUT2D eigenvalue weighted by molar-refractivity contribution is 5.44. The molecule has 1 heterocycles. The first kappa shape index (κ1) is 12.2. The van der Waals surface area contributed by atoms with Gasteiger partial charge in [-0.25, -0.2) is 0 Å². The molecule has 1 aromatic rings. The van der Waals surface area contributed by atoms with Crippen LogP contribution in [0.15, 0.2) is 18.2 Å². The van der Waals surface area contributed by atoms with Crippen LogP contribution >= 0.6 is 0 Å². The monoisotopic (exact) mass is 237 g/mol. The molecule has 0 fully saturated rings. The molecule has 4 heteroatoms. The molecule has 0 amide bonds. The van der Waals surface area contributed by atoms with Crippen LogP contribution < -0.4 is 15.2 Å². The Balaban J connectivity index is 2.15. The van der Waals surface area contributed by atoms with Crippen LogP contribution in [-0.2, 0) is 0 Å². The summed E-state index contributed by atoms with van der Waals surface area (Å²) in [7, 11) is 0. The summed E-state index contributed by atoms with van der Waals surface area (Å²) in [6.45, 7) is 3.17. The van der Waals surface area contributed by atoms with Crippen LogP contribution in [0.25, 0.3) is 0 Å². The number of fused-ring (bicyclic) bond motifs is 1. The Labute approximate surface area is 101 Å². The van der Waals surface area contributed by atoms with Crippen LogP contribution in [0, 0.1) is 0 Å². The third-order valence-corrected chi connectivity index (χ3v) is 2.95. The summed E-state index contributed by atoms with van der Waals surface area (Å²) >= 11 is 0. The zero-order chi connectivity index (χ0) is 12.3. The lowest BCUT2D eigenvalue weighted by atomic mass is 9.99. The molecule has 1 aromatic carbocycles. The molecule has 0 saturated carbocycles. The highest BCUT2D eigenvalue weighted by atomic mass is 16.6. The second kappa shape index (κ2) is 5.38. The highest BCUT2D eigenvalue weighted by Crippen LogP contribution is 2.33. The highest BCUT2D eigenvalue weighted by Gasteiger charge is 2.19. The average Bonchev–Trinajstić information content (AvgIpc) is 2.37. The molecule has 3 N–H and O–H groups in total. The van der Waals surface area contributed by atoms with Gasteiger partial charge in [0.25, 0.3) is 0 Å². The minimum Gasteiger partial charge on any atom is -0.486 e. The zero-order valence-electron chi connectivity index (χ0n) is 10.1. The summed E-state index contributed by atoms with van der Waals surface area (Å²) < 4.78 is 10.9. The lowest BCUT2D eigenvalue weighted by Gasteiger charge is -2.22. The molecule has 0 radical (unpaired) electrons. The molecule has 0 aliphatic carbocycles. The molecule has 4 nitrogen and oxygen atoms in total. The van der Waals surface area contributed by atoms with E-state index in [1.165, 1.54) is 0 Å². The topological polar surface area (TPSA) is 64.7 Å². The van der Waals surface area contributed by atoms with Crippen LogP contribution in [0.1, 0.15) is 31.4 Å². The molecular weight excluding hydrogens is 218 g/mol. The van der Waals surface area contributed by atoms with Crippen molar-refractivity contribution in [1.82, 2.24) is 0 Å². The quantitative estimate of drug-likeness (QED) is 0.835. The molecular formula is C13H19NO3. The first-order valence-corrected chi connectivity index (χ1v) is 6.05. The molecule has 0 aromatic heterocycles. The second-order valence-corrected chi connectivity index (χ2v) is 4.28. The summed E-state index contributed by atoms with van der Waals surface area (Å²) in [5, 5.41) is 9.88. The zero-order valence-corrected chi connectivity index (χ0v) is 10.1. The predicted molar refractivity (Wildman–Crippen MR) is 65.3 cm³/mol. The van der Waals surface area contributed by atoms with Gasteiger partial charge in [-0.05, 0) is 24.1 Å². The minimum atomic E-state index is -0.512. The Morgan fingerprint density at radius 2 is 2.00 bits per heavy atom. The third-order valence-electron chi connectivity index (χ3n) is 2.95. The van der Waals surface area contributed by atoms with Gasteiger partial charge < -0.3 is 20.3 Å². The van der Waals surface area contributed by atoms with Crippen molar-refractivity contribution in [3.05, 3.63) is 23.8 Å². The SMILES string of the molecule is CCC[C@@H](O)[C@@H](N)c1ccc2c(c1)OCCO2. The molecule has 2 atom stereocenters. The number of nitrogens with two attached hydrogens (primary N) is 1. The van der Waals surface area contributed by atoms with Crippen molar-refractivity contribution >= 4 is 0 Å². The van der Waals surface area contributed by atoms with Crippen molar-refractivity contribution in [3.8, 4) is 11.5 Å². The van der Waals surface area contributed by atoms with Crippen LogP contribution in [0.3, 0.4) is 0 Å². The van der Waals surface area contributed by atoms with E-state index in [0.29, 0.717) is 25.4 Å². The summed E-state index contributed by atoms with van der Waals surface area (Å²) in [5.74, 6) is 1.46. The number of aliphatic hydroxyl groups is 1. The maximum absolute atomic E-state index is 9.88. The molecule has 0 unspecified atom stereocenters. The van der Waals surface area contributed by atoms with Crippen molar-refractivity contribution < 1.29 is 14.6 Å². The molecule has 0 saturated heterocycles. The normalized spacial score (nSPS) is 17.6. The van der Waals surface area contributed by atoms with Crippen LogP contribution in [0.2, 0.25) is 0 Å². The van der Waals surface area contributed by atoms with E-state index >= 15 is 0 Å². The maximum Gasteiger partial charge on any atom is 0.161 e. The van der Waals surface area contributed by atoms with E-state index < -0.39 is 6.10 Å². The summed E-state index contributed by atoms with van der Waals surface area (Å²) in [4.78, 5) is 0. The van der Waals surface area contributed by atoms with E-state index in [9.17, 15) is 5.11 Å². The Morgan fingerprint density at radius 1 is 1.29 bits per heavy atom. The summed E-state index contributed by atoms with van der Waals surface area (Å²) in [5.41, 5.74) is 6.90. The van der Waals surface area contributed by atoms with Crippen LogP contribution in [0.4, 0.5) is 0 Å². The van der Waals surface area contributed by atoms with Gasteiger partial charge in [0.1, 0.15) is 13.2 Å². The Kier molecular flexibility index (Phi) is 3.86. The summed E-state index contributed by atoms with van der Waals surface area (Å²) in [6.07, 6.45) is 1.11. The smallest absolute Gasteiger partial charge is 0.161 e. The number of ether oxygens (including phenoxy) is 2. The van der Waals surface area contributed by atoms with Crippen molar-refractivity contribution in [2.75, 3.05) is 13.2 Å². The number of hydrogen-bond donors (Lipinski definition) is 2. The molecule has 1 aliphatic rings. The lowest BCUT2D eigenvalue weighted by Crippen LogP contribution is -2.26. The molecule has 2 rings (SSSR count). The van der Waals surface area contributed by atoms with E-state index in [-0.39, 0.29) is 6.04 Å². The Morgan fingerprint density at radius 3 is 2.71 bits per heavy atom. The van der Waals surface area contributed by atoms with E-state index in [1.54, 1.807) is 0 Å². The van der Waals surface area contributed by atoms with Gasteiger partial charge in [-0.1, -0.05) is 19.4 Å². The van der Waals surface area contributed by atoms with Crippen LogP contribution in [0.5, 0.6) is 11.5 Å². The summed E-state index contributed by atoms with van der Waals surface area (Å²) in [6, 6.07) is 5.23. The second-order valence-electron chi connectivity index (χ2n) is 4.28. The van der Waals surface area contributed by atoms with E-state index in [0.717, 1.165) is 17.7 Å². The Bertz CT molecular complexity index is 381. The average molecular weight is 237 g/mol. The lowest BCUT2D eigenvalue weighted by molar-refractivity contribution is 0.133. The van der Waals surface area contributed by atoms with E-state index in [1.807, 2.05) is 25.1 Å². The van der Waals surface area contributed by atoms with Gasteiger partial charge in [-0.15, -0.1) is 0 Å². The largest absolute Gasteiger partial charge is 0.486 e. The number of aliphatic hydroxyl groups excluding tert-OH is 1. The van der Waals surface area contributed by atoms with Crippen molar-refractivity contribution in [2.45, 2.75) is 31.9 Å². The number of rotatable bonds is 4. The van der Waals surface area contributed by atoms with Gasteiger partial charge >= 0.3 is 0 Å². The molecule has 17 heavy (non-hydrogen) atoms. The van der Waals surface area contributed by atoms with Gasteiger partial charge in [0.05, 0.1) is 12.1 Å². The molecule has 0 bridgehead atoms. The van der Waals surface area contributed by atoms with Crippen molar-refractivity contribution in [1.29, 1.82) is 0 Å². The maximum atomic E-state index is 9.88. The fraction of sp³-hybridized carbons (Fsp3) is 0.538. The number of benzene rings is 1. The van der Waals surface area contributed by atoms with Gasteiger partial charge in [-0.3, -0.25) is 0 Å². The fourth-order valence-corrected chi connectivity index (χ4v) is 1.96. The number of hydrogen-bond acceptors (Lipinski definition) is 4. The van der Waals surface area contributed by atoms with E-state index in [2.05, 4.69) is 0 Å². The first-order valence-electron chi connectivity index (χ1n) is 6.05. The van der Waals surface area contributed by atoms with Gasteiger partial charge in [0.2, 0.25) is 0 Å². The Hall–Kier alpha value is -1.26. The molecule has 0 spiro atoms. The fourth-order valence-electron chi connectivity index (χ4n) is 1.96. The molecule has 94 valence electrons. The molecule has 1 aliphatic heterocycles. The van der Waals surface area contributed by atoms with Gasteiger partial charge in [-0.2, -0.15) is 0 Å². The van der Waals surface area contributed by atoms with Gasteiger partial charge in [0.15, 0.2) is 11.5 Å². The first-order chi connectivity index (χ1) is 8.22. The van der Waals surface area contributed by atoms with Crippen LogP contribution in [-0.4, -0.2) is 24.4 Å². The minimum absolute atomic E-state index is 0.370. The van der Waals surface area contributed by atoms with E-state index in [4.69, 9.17) is 15.2 Å². The van der Waals surface area contributed by atoms with Crippen molar-refractivity contribution in [2.24, 2.45) is 5.73 Å². The van der Waals surface area contributed by atoms with Gasteiger partial charge in [0, 0.05) is 0 Å².